The quantitative estimate of drug-likeness (QED) is 0.881. The lowest BCUT2D eigenvalue weighted by Crippen LogP contribution is -2.56. The number of alkyl halides is 3. The van der Waals surface area contributed by atoms with Gasteiger partial charge >= 0.3 is 6.18 Å². The molecule has 1 saturated carbocycles. The van der Waals surface area contributed by atoms with Gasteiger partial charge in [0.2, 0.25) is 5.82 Å². The minimum absolute atomic E-state index is 0.0807. The van der Waals surface area contributed by atoms with Gasteiger partial charge in [0.05, 0.1) is 0 Å². The van der Waals surface area contributed by atoms with Crippen molar-refractivity contribution in [3.05, 3.63) is 17.1 Å². The van der Waals surface area contributed by atoms with E-state index in [4.69, 9.17) is 0 Å². The normalized spacial score (nSPS) is 23.0. The molecule has 3 rings (SSSR count). The first-order chi connectivity index (χ1) is 12.3. The van der Waals surface area contributed by atoms with E-state index >= 15 is 0 Å². The lowest BCUT2D eigenvalue weighted by Gasteiger charge is -2.45. The van der Waals surface area contributed by atoms with E-state index in [1.807, 2.05) is 4.90 Å². The maximum Gasteiger partial charge on any atom is 0.451 e. The predicted octanol–water partition coefficient (Wildman–Crippen LogP) is 2.93. The standard InChI is InChI=1S/C18H27F3N4O/c1-12-13(2)22-17(18(19,20)21)23-16(12)24-8-9-25(14-5-3-4-6-14)15(11-24)7-10-26/h14-15,26H,3-11H2,1-2H3. The summed E-state index contributed by atoms with van der Waals surface area (Å²) in [6.07, 6.45) is 0.884. The number of aliphatic hydroxyl groups is 1. The van der Waals surface area contributed by atoms with Gasteiger partial charge in [-0.3, -0.25) is 4.90 Å². The van der Waals surface area contributed by atoms with Gasteiger partial charge in [-0.05, 0) is 33.1 Å². The molecule has 1 aliphatic heterocycles. The van der Waals surface area contributed by atoms with Crippen LogP contribution in [0.4, 0.5) is 19.0 Å². The van der Waals surface area contributed by atoms with Crippen LogP contribution in [0, 0.1) is 13.8 Å². The molecule has 5 nitrogen and oxygen atoms in total. The molecule has 1 aromatic heterocycles. The van der Waals surface area contributed by atoms with Crippen LogP contribution < -0.4 is 4.90 Å². The molecule has 1 atom stereocenters. The molecular weight excluding hydrogens is 345 g/mol. The van der Waals surface area contributed by atoms with Crippen LogP contribution >= 0.6 is 0 Å². The van der Waals surface area contributed by atoms with Crippen LogP contribution in [0.3, 0.4) is 0 Å². The fourth-order valence-electron chi connectivity index (χ4n) is 4.23. The highest BCUT2D eigenvalue weighted by molar-refractivity contribution is 5.49. The van der Waals surface area contributed by atoms with Crippen molar-refractivity contribution in [2.45, 2.75) is 64.2 Å². The number of anilines is 1. The Labute approximate surface area is 152 Å². The summed E-state index contributed by atoms with van der Waals surface area (Å²) >= 11 is 0. The monoisotopic (exact) mass is 372 g/mol. The summed E-state index contributed by atoms with van der Waals surface area (Å²) < 4.78 is 39.4. The highest BCUT2D eigenvalue weighted by Crippen LogP contribution is 2.33. The Hall–Kier alpha value is -1.41. The van der Waals surface area contributed by atoms with E-state index in [2.05, 4.69) is 14.9 Å². The summed E-state index contributed by atoms with van der Waals surface area (Å²) in [5.74, 6) is -0.702. The lowest BCUT2D eigenvalue weighted by molar-refractivity contribution is -0.145. The van der Waals surface area contributed by atoms with E-state index in [9.17, 15) is 18.3 Å². The predicted molar refractivity (Wildman–Crippen MR) is 93.2 cm³/mol. The molecule has 2 heterocycles. The van der Waals surface area contributed by atoms with E-state index in [1.165, 1.54) is 25.7 Å². The fourth-order valence-corrected chi connectivity index (χ4v) is 4.23. The second kappa shape index (κ2) is 7.68. The maximum absolute atomic E-state index is 13.1. The first-order valence-corrected chi connectivity index (χ1v) is 9.35. The van der Waals surface area contributed by atoms with Gasteiger partial charge in [-0.25, -0.2) is 9.97 Å². The molecule has 8 heteroatoms. The molecule has 1 N–H and O–H groups in total. The Morgan fingerprint density at radius 2 is 1.81 bits per heavy atom. The van der Waals surface area contributed by atoms with Gasteiger partial charge in [-0.1, -0.05) is 12.8 Å². The third-order valence-corrected chi connectivity index (χ3v) is 5.70. The second-order valence-electron chi connectivity index (χ2n) is 7.37. The molecule has 0 amide bonds. The molecular formula is C18H27F3N4O. The third kappa shape index (κ3) is 3.96. The SMILES string of the molecule is Cc1nc(C(F)(F)F)nc(N2CCN(C3CCCC3)C(CCO)C2)c1C. The minimum atomic E-state index is -4.55. The molecule has 1 aliphatic carbocycles. The van der Waals surface area contributed by atoms with Gasteiger partial charge < -0.3 is 10.0 Å². The van der Waals surface area contributed by atoms with Gasteiger partial charge in [0.15, 0.2) is 0 Å². The number of halogens is 3. The maximum atomic E-state index is 13.1. The van der Waals surface area contributed by atoms with Gasteiger partial charge in [-0.15, -0.1) is 0 Å². The smallest absolute Gasteiger partial charge is 0.396 e. The summed E-state index contributed by atoms with van der Waals surface area (Å²) in [6, 6.07) is 0.675. The van der Waals surface area contributed by atoms with Crippen molar-refractivity contribution in [1.29, 1.82) is 0 Å². The van der Waals surface area contributed by atoms with Crippen LogP contribution in [0.15, 0.2) is 0 Å². The number of piperazine rings is 1. The van der Waals surface area contributed by atoms with Crippen molar-refractivity contribution in [2.75, 3.05) is 31.1 Å². The molecule has 1 saturated heterocycles. The molecule has 2 aliphatic rings. The summed E-state index contributed by atoms with van der Waals surface area (Å²) in [5.41, 5.74) is 1.05. The van der Waals surface area contributed by atoms with E-state index in [0.717, 1.165) is 6.54 Å². The average molecular weight is 372 g/mol. The topological polar surface area (TPSA) is 52.5 Å². The van der Waals surface area contributed by atoms with Crippen molar-refractivity contribution >= 4 is 5.82 Å². The van der Waals surface area contributed by atoms with Crippen LogP contribution in [0.1, 0.15) is 49.2 Å². The summed E-state index contributed by atoms with van der Waals surface area (Å²) in [6.45, 7) is 5.47. The Morgan fingerprint density at radius 3 is 2.42 bits per heavy atom. The van der Waals surface area contributed by atoms with Gasteiger partial charge in [0.1, 0.15) is 5.82 Å². The van der Waals surface area contributed by atoms with Crippen molar-refractivity contribution in [2.24, 2.45) is 0 Å². The summed E-state index contributed by atoms with van der Waals surface area (Å²) in [4.78, 5) is 11.9. The van der Waals surface area contributed by atoms with Gasteiger partial charge in [-0.2, -0.15) is 13.2 Å². The van der Waals surface area contributed by atoms with Gasteiger partial charge in [0.25, 0.3) is 0 Å². The first-order valence-electron chi connectivity index (χ1n) is 9.35. The van der Waals surface area contributed by atoms with E-state index < -0.39 is 12.0 Å². The number of hydrogen-bond acceptors (Lipinski definition) is 5. The molecule has 0 bridgehead atoms. The molecule has 2 fully saturated rings. The molecule has 1 unspecified atom stereocenters. The molecule has 0 spiro atoms. The molecule has 146 valence electrons. The first kappa shape index (κ1) is 19.4. The molecule has 0 aromatic carbocycles. The average Bonchev–Trinajstić information content (AvgIpc) is 3.11. The van der Waals surface area contributed by atoms with E-state index in [1.54, 1.807) is 13.8 Å². The Kier molecular flexibility index (Phi) is 5.72. The van der Waals surface area contributed by atoms with Crippen molar-refractivity contribution < 1.29 is 18.3 Å². The zero-order valence-corrected chi connectivity index (χ0v) is 15.4. The van der Waals surface area contributed by atoms with E-state index in [-0.39, 0.29) is 12.6 Å². The second-order valence-corrected chi connectivity index (χ2v) is 7.37. The highest BCUT2D eigenvalue weighted by Gasteiger charge is 2.38. The number of nitrogens with zero attached hydrogens (tertiary/aromatic N) is 4. The summed E-state index contributed by atoms with van der Waals surface area (Å²) in [7, 11) is 0. The zero-order valence-electron chi connectivity index (χ0n) is 15.4. The summed E-state index contributed by atoms with van der Waals surface area (Å²) in [5, 5.41) is 9.47. The lowest BCUT2D eigenvalue weighted by atomic mass is 10.0. The number of aromatic nitrogens is 2. The Morgan fingerprint density at radius 1 is 1.12 bits per heavy atom. The Bertz CT molecular complexity index is 632. The van der Waals surface area contributed by atoms with Crippen LogP contribution in [-0.4, -0.2) is 58.3 Å². The number of aliphatic hydroxyl groups excluding tert-OH is 1. The highest BCUT2D eigenvalue weighted by atomic mass is 19.4. The van der Waals surface area contributed by atoms with Crippen LogP contribution in [0.5, 0.6) is 0 Å². The van der Waals surface area contributed by atoms with Crippen LogP contribution in [0.2, 0.25) is 0 Å². The molecule has 1 aromatic rings. The minimum Gasteiger partial charge on any atom is -0.396 e. The van der Waals surface area contributed by atoms with Gasteiger partial charge in [0, 0.05) is 49.6 Å². The number of rotatable bonds is 4. The molecule has 0 radical (unpaired) electrons. The number of hydrogen-bond donors (Lipinski definition) is 1. The Balaban J connectivity index is 1.85. The third-order valence-electron chi connectivity index (χ3n) is 5.70. The van der Waals surface area contributed by atoms with E-state index in [0.29, 0.717) is 42.6 Å². The zero-order chi connectivity index (χ0) is 18.9. The number of aryl methyl sites for hydroxylation is 1. The molecule has 26 heavy (non-hydrogen) atoms. The van der Waals surface area contributed by atoms with Crippen molar-refractivity contribution in [1.82, 2.24) is 14.9 Å². The van der Waals surface area contributed by atoms with Crippen LogP contribution in [-0.2, 0) is 6.18 Å². The van der Waals surface area contributed by atoms with Crippen molar-refractivity contribution in [3.8, 4) is 0 Å². The van der Waals surface area contributed by atoms with Crippen molar-refractivity contribution in [3.63, 3.8) is 0 Å². The largest absolute Gasteiger partial charge is 0.451 e. The van der Waals surface area contributed by atoms with Crippen LogP contribution in [0.25, 0.3) is 0 Å². The fraction of sp³-hybridized carbons (Fsp3) is 0.778.